The Kier molecular flexibility index (Phi) is 9.76. The number of carbonyl (C=O) groups is 1. The molecule has 1 unspecified atom stereocenters. The number of hydrogen-bond donors (Lipinski definition) is 2. The van der Waals surface area contributed by atoms with Gasteiger partial charge in [-0.1, -0.05) is 6.92 Å². The summed E-state index contributed by atoms with van der Waals surface area (Å²) in [6, 6.07) is 0.600. The van der Waals surface area contributed by atoms with Gasteiger partial charge in [-0.3, -0.25) is 9.79 Å². The molecule has 1 heterocycles. The largest absolute Gasteiger partial charge is 0.359 e. The van der Waals surface area contributed by atoms with Crippen molar-refractivity contribution in [2.75, 3.05) is 46.8 Å². The molecular formula is C18H37N5O. The molecule has 1 amide bonds. The van der Waals surface area contributed by atoms with Gasteiger partial charge in [-0.25, -0.2) is 0 Å². The highest BCUT2D eigenvalue weighted by molar-refractivity contribution is 5.80. The highest BCUT2D eigenvalue weighted by Crippen LogP contribution is 2.20. The summed E-state index contributed by atoms with van der Waals surface area (Å²) in [4.78, 5) is 21.0. The fourth-order valence-corrected chi connectivity index (χ4v) is 2.98. The van der Waals surface area contributed by atoms with Gasteiger partial charge in [0.05, 0.1) is 6.54 Å². The van der Waals surface area contributed by atoms with Crippen molar-refractivity contribution in [1.29, 1.82) is 0 Å². The number of nitrogens with zero attached hydrogens (tertiary/aromatic N) is 3. The van der Waals surface area contributed by atoms with Gasteiger partial charge in [0.2, 0.25) is 5.91 Å². The number of piperidine rings is 1. The van der Waals surface area contributed by atoms with E-state index in [4.69, 9.17) is 4.99 Å². The van der Waals surface area contributed by atoms with Crippen molar-refractivity contribution in [2.24, 2.45) is 10.9 Å². The number of amides is 1. The van der Waals surface area contributed by atoms with Crippen LogP contribution in [0.2, 0.25) is 0 Å². The molecule has 140 valence electrons. The van der Waals surface area contributed by atoms with Crippen molar-refractivity contribution in [3.05, 3.63) is 0 Å². The first-order valence-corrected chi connectivity index (χ1v) is 9.45. The molecule has 1 saturated heterocycles. The van der Waals surface area contributed by atoms with Gasteiger partial charge < -0.3 is 20.4 Å². The summed E-state index contributed by atoms with van der Waals surface area (Å²) in [6.07, 6.45) is 3.94. The molecule has 0 radical (unpaired) electrons. The van der Waals surface area contributed by atoms with E-state index in [0.29, 0.717) is 18.4 Å². The number of likely N-dealkylation sites (tertiary alicyclic amines) is 1. The molecule has 6 nitrogen and oxygen atoms in total. The summed E-state index contributed by atoms with van der Waals surface area (Å²) in [6.45, 7) is 11.2. The van der Waals surface area contributed by atoms with Gasteiger partial charge in [-0.05, 0) is 46.1 Å². The lowest BCUT2D eigenvalue weighted by Crippen LogP contribution is -2.46. The normalized spacial score (nSPS) is 17.9. The summed E-state index contributed by atoms with van der Waals surface area (Å²) < 4.78 is 0. The van der Waals surface area contributed by atoms with Crippen molar-refractivity contribution < 1.29 is 4.79 Å². The van der Waals surface area contributed by atoms with E-state index in [-0.39, 0.29) is 5.91 Å². The van der Waals surface area contributed by atoms with Gasteiger partial charge >= 0.3 is 0 Å². The minimum absolute atomic E-state index is 0.155. The molecule has 24 heavy (non-hydrogen) atoms. The minimum Gasteiger partial charge on any atom is -0.359 e. The van der Waals surface area contributed by atoms with Crippen LogP contribution < -0.4 is 10.6 Å². The number of likely N-dealkylation sites (N-methyl/N-ethyl adjacent to an activating group) is 1. The zero-order valence-corrected chi connectivity index (χ0v) is 16.3. The molecule has 0 aliphatic carbocycles. The maximum Gasteiger partial charge on any atom is 0.220 e. The lowest BCUT2D eigenvalue weighted by Gasteiger charge is -2.34. The molecule has 0 aromatic carbocycles. The van der Waals surface area contributed by atoms with E-state index in [9.17, 15) is 4.79 Å². The molecule has 0 aromatic heterocycles. The number of nitrogens with one attached hydrogen (secondary N) is 2. The van der Waals surface area contributed by atoms with Crippen molar-refractivity contribution >= 4 is 11.9 Å². The first-order chi connectivity index (χ1) is 11.5. The number of rotatable bonds is 8. The summed E-state index contributed by atoms with van der Waals surface area (Å²) >= 11 is 0. The van der Waals surface area contributed by atoms with E-state index in [1.807, 2.05) is 0 Å². The molecule has 1 fully saturated rings. The van der Waals surface area contributed by atoms with Crippen molar-refractivity contribution in [1.82, 2.24) is 20.4 Å². The van der Waals surface area contributed by atoms with E-state index in [2.05, 4.69) is 48.3 Å². The van der Waals surface area contributed by atoms with Crippen LogP contribution in [0, 0.1) is 5.92 Å². The monoisotopic (exact) mass is 339 g/mol. The van der Waals surface area contributed by atoms with Crippen molar-refractivity contribution in [3.63, 3.8) is 0 Å². The quantitative estimate of drug-likeness (QED) is 0.520. The number of carbonyl (C=O) groups excluding carboxylic acids is 1. The standard InChI is InChI=1S/C18H37N5O/c1-6-15(3)22(5)13-10-21-18(20-7-2)23-11-8-16(9-12-23)14-17(24)19-4/h15-16H,6-14H2,1-5H3,(H,19,24)(H,20,21). The van der Waals surface area contributed by atoms with Crippen molar-refractivity contribution in [3.8, 4) is 0 Å². The van der Waals surface area contributed by atoms with Crippen LogP contribution in [0.25, 0.3) is 0 Å². The topological polar surface area (TPSA) is 60.0 Å². The van der Waals surface area contributed by atoms with Crippen LogP contribution in [0.4, 0.5) is 0 Å². The summed E-state index contributed by atoms with van der Waals surface area (Å²) in [5.74, 6) is 1.68. The van der Waals surface area contributed by atoms with Crippen LogP contribution in [0.5, 0.6) is 0 Å². The summed E-state index contributed by atoms with van der Waals surface area (Å²) in [5, 5.41) is 6.14. The maximum atomic E-state index is 11.5. The third-order valence-electron chi connectivity index (χ3n) is 5.06. The van der Waals surface area contributed by atoms with E-state index < -0.39 is 0 Å². The van der Waals surface area contributed by atoms with Crippen LogP contribution in [-0.4, -0.2) is 74.5 Å². The zero-order chi connectivity index (χ0) is 17.9. The average Bonchev–Trinajstić information content (AvgIpc) is 2.60. The molecule has 0 aromatic rings. The fraction of sp³-hybridized carbons (Fsp3) is 0.889. The van der Waals surface area contributed by atoms with Gasteiger partial charge in [0.1, 0.15) is 0 Å². The van der Waals surface area contributed by atoms with Gasteiger partial charge in [0.25, 0.3) is 0 Å². The second kappa shape index (κ2) is 11.3. The number of guanidine groups is 1. The fourth-order valence-electron chi connectivity index (χ4n) is 2.98. The third kappa shape index (κ3) is 7.07. The van der Waals surface area contributed by atoms with Gasteiger partial charge in [0, 0.05) is 45.7 Å². The van der Waals surface area contributed by atoms with E-state index in [0.717, 1.165) is 51.5 Å². The Morgan fingerprint density at radius 2 is 2.00 bits per heavy atom. The lowest BCUT2D eigenvalue weighted by molar-refractivity contribution is -0.121. The Morgan fingerprint density at radius 1 is 1.33 bits per heavy atom. The minimum atomic E-state index is 0.155. The van der Waals surface area contributed by atoms with Gasteiger partial charge in [-0.15, -0.1) is 0 Å². The highest BCUT2D eigenvalue weighted by Gasteiger charge is 2.23. The predicted molar refractivity (Wildman–Crippen MR) is 101 cm³/mol. The van der Waals surface area contributed by atoms with Crippen LogP contribution in [0.15, 0.2) is 4.99 Å². The van der Waals surface area contributed by atoms with Crippen LogP contribution in [0.3, 0.4) is 0 Å². The number of hydrogen-bond acceptors (Lipinski definition) is 3. The zero-order valence-electron chi connectivity index (χ0n) is 16.3. The molecule has 0 saturated carbocycles. The first-order valence-electron chi connectivity index (χ1n) is 9.45. The van der Waals surface area contributed by atoms with Crippen LogP contribution in [-0.2, 0) is 4.79 Å². The molecule has 0 bridgehead atoms. The van der Waals surface area contributed by atoms with Gasteiger partial charge in [-0.2, -0.15) is 0 Å². The molecule has 1 atom stereocenters. The van der Waals surface area contributed by atoms with Gasteiger partial charge in [0.15, 0.2) is 5.96 Å². The predicted octanol–water partition coefficient (Wildman–Crippen LogP) is 1.53. The maximum absolute atomic E-state index is 11.5. The number of aliphatic imine (C=N–C) groups is 1. The molecular weight excluding hydrogens is 302 g/mol. The Hall–Kier alpha value is -1.30. The molecule has 6 heteroatoms. The smallest absolute Gasteiger partial charge is 0.220 e. The SMILES string of the molecule is CCNC(=NCCN(C)C(C)CC)N1CCC(CC(=O)NC)CC1. The van der Waals surface area contributed by atoms with Crippen LogP contribution >= 0.6 is 0 Å². The van der Waals surface area contributed by atoms with E-state index in [1.165, 1.54) is 6.42 Å². The van der Waals surface area contributed by atoms with Crippen LogP contribution in [0.1, 0.15) is 46.5 Å². The Morgan fingerprint density at radius 3 is 2.54 bits per heavy atom. The second-order valence-corrected chi connectivity index (χ2v) is 6.78. The van der Waals surface area contributed by atoms with Crippen molar-refractivity contribution in [2.45, 2.75) is 52.5 Å². The Bertz CT molecular complexity index is 391. The Balaban J connectivity index is 2.47. The third-order valence-corrected chi connectivity index (χ3v) is 5.06. The second-order valence-electron chi connectivity index (χ2n) is 6.78. The molecule has 2 N–H and O–H groups in total. The van der Waals surface area contributed by atoms with E-state index >= 15 is 0 Å². The van der Waals surface area contributed by atoms with E-state index in [1.54, 1.807) is 7.05 Å². The molecule has 1 rings (SSSR count). The molecule has 1 aliphatic rings. The lowest BCUT2D eigenvalue weighted by atomic mass is 9.93. The molecule has 0 spiro atoms. The summed E-state index contributed by atoms with van der Waals surface area (Å²) in [7, 11) is 3.88. The Labute approximate surface area is 148 Å². The highest BCUT2D eigenvalue weighted by atomic mass is 16.1. The first kappa shape index (κ1) is 20.7. The molecule has 1 aliphatic heterocycles. The average molecular weight is 340 g/mol. The summed E-state index contributed by atoms with van der Waals surface area (Å²) in [5.41, 5.74) is 0.